The number of hydrogen-bond acceptors (Lipinski definition) is 5. The molecule has 0 aliphatic rings. The van der Waals surface area contributed by atoms with Crippen molar-refractivity contribution in [2.45, 2.75) is 26.8 Å². The van der Waals surface area contributed by atoms with Gasteiger partial charge in [0.25, 0.3) is 5.91 Å². The van der Waals surface area contributed by atoms with Crippen LogP contribution in [0.2, 0.25) is 0 Å². The van der Waals surface area contributed by atoms with Gasteiger partial charge < -0.3 is 5.32 Å². The monoisotopic (exact) mass is 384 g/mol. The summed E-state index contributed by atoms with van der Waals surface area (Å²) in [6.45, 7) is 4.46. The van der Waals surface area contributed by atoms with Crippen molar-refractivity contribution >= 4 is 27.5 Å². The molecule has 0 spiro atoms. The molecule has 0 fully saturated rings. The zero-order chi connectivity index (χ0) is 17.1. The smallest absolute Gasteiger partial charge is 0.322 e. The lowest BCUT2D eigenvalue weighted by Crippen LogP contribution is -2.26. The number of nitrogens with zero attached hydrogens (tertiary/aromatic N) is 5. The fraction of sp³-hybridized carbons (Fsp3) is 0.462. The number of carbonyl (C=O) groups excluding carboxylic acids is 1. The van der Waals surface area contributed by atoms with Gasteiger partial charge in [0.15, 0.2) is 0 Å². The van der Waals surface area contributed by atoms with E-state index in [9.17, 15) is 14.9 Å². The van der Waals surface area contributed by atoms with Crippen LogP contribution >= 0.6 is 15.9 Å². The quantitative estimate of drug-likeness (QED) is 0.463. The highest BCUT2D eigenvalue weighted by Crippen LogP contribution is 2.21. The molecule has 0 aliphatic heterocycles. The van der Waals surface area contributed by atoms with E-state index < -0.39 is 10.8 Å². The summed E-state index contributed by atoms with van der Waals surface area (Å²) >= 11 is 3.38. The van der Waals surface area contributed by atoms with Gasteiger partial charge in [-0.1, -0.05) is 0 Å². The van der Waals surface area contributed by atoms with Crippen molar-refractivity contribution in [2.75, 3.05) is 6.54 Å². The van der Waals surface area contributed by atoms with Crippen LogP contribution in [0.5, 0.6) is 0 Å². The summed E-state index contributed by atoms with van der Waals surface area (Å²) in [7, 11) is 1.57. The van der Waals surface area contributed by atoms with Gasteiger partial charge >= 0.3 is 5.69 Å². The van der Waals surface area contributed by atoms with Gasteiger partial charge in [-0.05, 0) is 36.2 Å². The third-order valence-corrected chi connectivity index (χ3v) is 4.21. The van der Waals surface area contributed by atoms with Crippen molar-refractivity contribution in [3.05, 3.63) is 37.9 Å². The third kappa shape index (κ3) is 3.76. The molecule has 0 aromatic carbocycles. The van der Waals surface area contributed by atoms with Gasteiger partial charge in [0.05, 0.1) is 15.1 Å². The molecule has 2 rings (SSSR count). The molecule has 0 aliphatic carbocycles. The number of hydrogen-bond donors (Lipinski definition) is 1. The molecular formula is C13H17BrN6O3. The minimum Gasteiger partial charge on any atom is -0.350 e. The highest BCUT2D eigenvalue weighted by atomic mass is 79.9. The topological polar surface area (TPSA) is 108 Å². The Labute approximate surface area is 140 Å². The molecule has 1 amide bonds. The summed E-state index contributed by atoms with van der Waals surface area (Å²) in [5.74, 6) is -0.543. The molecule has 2 heterocycles. The van der Waals surface area contributed by atoms with E-state index in [1.807, 2.05) is 13.1 Å². The van der Waals surface area contributed by atoms with Gasteiger partial charge in [0.1, 0.15) is 5.69 Å². The highest BCUT2D eigenvalue weighted by molar-refractivity contribution is 9.10. The van der Waals surface area contributed by atoms with Crippen LogP contribution < -0.4 is 5.32 Å². The normalized spacial score (nSPS) is 10.8. The van der Waals surface area contributed by atoms with Gasteiger partial charge in [-0.25, -0.2) is 0 Å². The van der Waals surface area contributed by atoms with Crippen LogP contribution in [0.25, 0.3) is 0 Å². The van der Waals surface area contributed by atoms with Gasteiger partial charge in [-0.15, -0.1) is 0 Å². The lowest BCUT2D eigenvalue weighted by molar-refractivity contribution is -0.385. The number of aromatic nitrogens is 4. The number of rotatable bonds is 6. The summed E-state index contributed by atoms with van der Waals surface area (Å²) in [6.07, 6.45) is 2.52. The SMILES string of the molecule is Cc1nn(CCCNC(=O)c2nn(C)c(C)c2[N+](=O)[O-])cc1Br. The number of halogens is 1. The Morgan fingerprint density at radius 1 is 1.43 bits per heavy atom. The van der Waals surface area contributed by atoms with Crippen LogP contribution in [-0.4, -0.2) is 36.9 Å². The molecule has 0 bridgehead atoms. The molecule has 1 N–H and O–H groups in total. The number of amides is 1. The van der Waals surface area contributed by atoms with Crippen molar-refractivity contribution in [3.8, 4) is 0 Å². The predicted molar refractivity (Wildman–Crippen MR) is 86.2 cm³/mol. The van der Waals surface area contributed by atoms with Gasteiger partial charge in [-0.3, -0.25) is 24.3 Å². The van der Waals surface area contributed by atoms with Gasteiger partial charge in [-0.2, -0.15) is 10.2 Å². The van der Waals surface area contributed by atoms with Crippen LogP contribution in [0.4, 0.5) is 5.69 Å². The Hall–Kier alpha value is -2.23. The first-order chi connectivity index (χ1) is 10.8. The summed E-state index contributed by atoms with van der Waals surface area (Å²) in [5, 5.41) is 21.9. The lowest BCUT2D eigenvalue weighted by Gasteiger charge is -2.03. The van der Waals surface area contributed by atoms with E-state index >= 15 is 0 Å². The van der Waals surface area contributed by atoms with Crippen LogP contribution in [0, 0.1) is 24.0 Å². The maximum absolute atomic E-state index is 12.1. The first kappa shape index (κ1) is 17.1. The fourth-order valence-electron chi connectivity index (χ4n) is 2.10. The minimum absolute atomic E-state index is 0.160. The Morgan fingerprint density at radius 2 is 2.13 bits per heavy atom. The maximum atomic E-state index is 12.1. The van der Waals surface area contributed by atoms with Crippen LogP contribution in [0.1, 0.15) is 28.3 Å². The Kier molecular flexibility index (Phi) is 5.14. The highest BCUT2D eigenvalue weighted by Gasteiger charge is 2.28. The van der Waals surface area contributed by atoms with Crippen LogP contribution in [0.15, 0.2) is 10.7 Å². The van der Waals surface area contributed by atoms with Crippen molar-refractivity contribution in [2.24, 2.45) is 7.05 Å². The van der Waals surface area contributed by atoms with Crippen LogP contribution in [-0.2, 0) is 13.6 Å². The number of nitro groups is 1. The van der Waals surface area contributed by atoms with E-state index in [1.54, 1.807) is 18.7 Å². The number of aryl methyl sites for hydroxylation is 3. The standard InChI is InChI=1S/C13H17BrN6O3/c1-8-10(14)7-19(16-8)6-4-5-15-13(21)11-12(20(22)23)9(2)18(3)17-11/h7H,4-6H2,1-3H3,(H,15,21). The molecule has 0 atom stereocenters. The molecule has 0 saturated carbocycles. The summed E-state index contributed by atoms with van der Waals surface area (Å²) < 4.78 is 4.04. The average Bonchev–Trinajstić information content (AvgIpc) is 2.95. The van der Waals surface area contributed by atoms with E-state index in [4.69, 9.17) is 0 Å². The number of nitrogens with one attached hydrogen (secondary N) is 1. The zero-order valence-corrected chi connectivity index (χ0v) is 14.6. The molecule has 23 heavy (non-hydrogen) atoms. The third-order valence-electron chi connectivity index (χ3n) is 3.44. The molecule has 10 heteroatoms. The first-order valence-corrected chi connectivity index (χ1v) is 7.76. The molecule has 0 unspecified atom stereocenters. The molecular weight excluding hydrogens is 368 g/mol. The van der Waals surface area contributed by atoms with E-state index in [2.05, 4.69) is 31.4 Å². The van der Waals surface area contributed by atoms with Gasteiger partial charge in [0.2, 0.25) is 5.69 Å². The van der Waals surface area contributed by atoms with E-state index in [0.717, 1.165) is 10.2 Å². The van der Waals surface area contributed by atoms with E-state index in [0.29, 0.717) is 25.2 Å². The maximum Gasteiger partial charge on any atom is 0.322 e. The molecule has 9 nitrogen and oxygen atoms in total. The minimum atomic E-state index is -0.582. The Balaban J connectivity index is 1.93. The van der Waals surface area contributed by atoms with Crippen LogP contribution in [0.3, 0.4) is 0 Å². The van der Waals surface area contributed by atoms with Crippen molar-refractivity contribution in [3.63, 3.8) is 0 Å². The van der Waals surface area contributed by atoms with E-state index in [-0.39, 0.29) is 11.4 Å². The summed E-state index contributed by atoms with van der Waals surface area (Å²) in [6, 6.07) is 0. The second kappa shape index (κ2) is 6.90. The van der Waals surface area contributed by atoms with Gasteiger partial charge in [0, 0.05) is 26.3 Å². The summed E-state index contributed by atoms with van der Waals surface area (Å²) in [4.78, 5) is 22.6. The Morgan fingerprint density at radius 3 is 2.70 bits per heavy atom. The Bertz CT molecular complexity index is 732. The second-order valence-corrected chi connectivity index (χ2v) is 5.95. The molecule has 0 saturated heterocycles. The number of carbonyl (C=O) groups is 1. The van der Waals surface area contributed by atoms with Crippen molar-refractivity contribution < 1.29 is 9.72 Å². The molecule has 124 valence electrons. The fourth-order valence-corrected chi connectivity index (χ4v) is 2.42. The largest absolute Gasteiger partial charge is 0.350 e. The zero-order valence-electron chi connectivity index (χ0n) is 13.0. The summed E-state index contributed by atoms with van der Waals surface area (Å²) in [5.41, 5.74) is 0.829. The second-order valence-electron chi connectivity index (χ2n) is 5.10. The molecule has 2 aromatic rings. The molecule has 0 radical (unpaired) electrons. The predicted octanol–water partition coefficient (Wildman–Crippen LogP) is 1.72. The average molecular weight is 385 g/mol. The molecule has 2 aromatic heterocycles. The van der Waals surface area contributed by atoms with E-state index in [1.165, 1.54) is 4.68 Å². The van der Waals surface area contributed by atoms with Crippen molar-refractivity contribution in [1.29, 1.82) is 0 Å². The first-order valence-electron chi connectivity index (χ1n) is 6.97. The van der Waals surface area contributed by atoms with Crippen molar-refractivity contribution in [1.82, 2.24) is 24.9 Å². The lowest BCUT2D eigenvalue weighted by atomic mass is 10.3.